The zero-order valence-electron chi connectivity index (χ0n) is 14.3. The Bertz CT molecular complexity index is 471. The molecule has 2 fully saturated rings. The van der Waals surface area contributed by atoms with E-state index in [1.807, 2.05) is 12.1 Å². The van der Waals surface area contributed by atoms with Crippen molar-refractivity contribution in [2.45, 2.75) is 50.7 Å². The Kier molecular flexibility index (Phi) is 5.92. The molecule has 1 atom stereocenters. The number of hydrogen-bond donors (Lipinski definition) is 1. The predicted octanol–water partition coefficient (Wildman–Crippen LogP) is 2.51. The van der Waals surface area contributed by atoms with Crippen LogP contribution in [0.4, 0.5) is 0 Å². The van der Waals surface area contributed by atoms with Gasteiger partial charge in [0.2, 0.25) is 0 Å². The first-order valence-corrected chi connectivity index (χ1v) is 9.02. The summed E-state index contributed by atoms with van der Waals surface area (Å²) in [6.45, 7) is 4.63. The molecule has 1 N–H and O–H groups in total. The molecule has 0 aromatic heterocycles. The number of benzene rings is 1. The van der Waals surface area contributed by atoms with Crippen molar-refractivity contribution < 1.29 is 9.84 Å². The number of methoxy groups -OCH3 is 1. The number of aliphatic hydroxyl groups excluding tert-OH is 1. The highest BCUT2D eigenvalue weighted by atomic mass is 16.5. The summed E-state index contributed by atoms with van der Waals surface area (Å²) in [6, 6.07) is 9.65. The zero-order chi connectivity index (χ0) is 16.1. The molecule has 23 heavy (non-hydrogen) atoms. The smallest absolute Gasteiger partial charge is 0.118 e. The van der Waals surface area contributed by atoms with Gasteiger partial charge in [0.15, 0.2) is 0 Å². The first-order valence-electron chi connectivity index (χ1n) is 9.02. The Morgan fingerprint density at radius 3 is 2.52 bits per heavy atom. The summed E-state index contributed by atoms with van der Waals surface area (Å²) in [5.41, 5.74) is 1.34. The third kappa shape index (κ3) is 4.25. The molecule has 0 radical (unpaired) electrons. The fourth-order valence-electron chi connectivity index (χ4n) is 4.19. The highest BCUT2D eigenvalue weighted by Gasteiger charge is 2.32. The second kappa shape index (κ2) is 8.13. The summed E-state index contributed by atoms with van der Waals surface area (Å²) in [6.07, 6.45) is 6.35. The Morgan fingerprint density at radius 2 is 1.87 bits per heavy atom. The van der Waals surface area contributed by atoms with Crippen molar-refractivity contribution in [3.63, 3.8) is 0 Å². The quantitative estimate of drug-likeness (QED) is 0.874. The van der Waals surface area contributed by atoms with Crippen molar-refractivity contribution in [3.8, 4) is 5.75 Å². The monoisotopic (exact) mass is 318 g/mol. The standard InChI is InChI=1S/C19H30N2O2/c1-23-19-8-6-16(7-9-19)14-20-11-12-21(17-4-2-3-5-17)18(15-20)10-13-22/h6-9,17-18,22H,2-5,10-15H2,1H3/t18-/m1/s1. The largest absolute Gasteiger partial charge is 0.497 e. The third-order valence-electron chi connectivity index (χ3n) is 5.43. The van der Waals surface area contributed by atoms with Gasteiger partial charge < -0.3 is 9.84 Å². The van der Waals surface area contributed by atoms with E-state index < -0.39 is 0 Å². The molecule has 1 aliphatic carbocycles. The molecule has 0 spiro atoms. The first-order chi connectivity index (χ1) is 11.3. The second-order valence-corrected chi connectivity index (χ2v) is 6.93. The van der Waals surface area contributed by atoms with Crippen LogP contribution in [0.5, 0.6) is 5.75 Å². The zero-order valence-corrected chi connectivity index (χ0v) is 14.3. The van der Waals surface area contributed by atoms with Gasteiger partial charge in [-0.2, -0.15) is 0 Å². The molecule has 2 aliphatic rings. The summed E-state index contributed by atoms with van der Waals surface area (Å²) in [5.74, 6) is 0.915. The van der Waals surface area contributed by atoms with E-state index >= 15 is 0 Å². The van der Waals surface area contributed by atoms with Crippen LogP contribution in [-0.4, -0.2) is 60.3 Å². The van der Waals surface area contributed by atoms with Gasteiger partial charge in [0.1, 0.15) is 5.75 Å². The molecule has 1 aromatic carbocycles. The van der Waals surface area contributed by atoms with Gasteiger partial charge in [-0.15, -0.1) is 0 Å². The van der Waals surface area contributed by atoms with Crippen LogP contribution in [0.1, 0.15) is 37.7 Å². The second-order valence-electron chi connectivity index (χ2n) is 6.93. The van der Waals surface area contributed by atoms with Gasteiger partial charge in [-0.1, -0.05) is 25.0 Å². The maximum Gasteiger partial charge on any atom is 0.118 e. The van der Waals surface area contributed by atoms with Gasteiger partial charge in [0, 0.05) is 44.9 Å². The molecular formula is C19H30N2O2. The molecule has 1 aromatic rings. The third-order valence-corrected chi connectivity index (χ3v) is 5.43. The summed E-state index contributed by atoms with van der Waals surface area (Å²) in [7, 11) is 1.71. The van der Waals surface area contributed by atoms with Crippen LogP contribution in [0.2, 0.25) is 0 Å². The minimum absolute atomic E-state index is 0.296. The molecule has 0 amide bonds. The van der Waals surface area contributed by atoms with E-state index in [4.69, 9.17) is 4.74 Å². The Balaban J connectivity index is 1.59. The van der Waals surface area contributed by atoms with Gasteiger partial charge >= 0.3 is 0 Å². The van der Waals surface area contributed by atoms with Crippen LogP contribution in [0.25, 0.3) is 0 Å². The van der Waals surface area contributed by atoms with E-state index in [2.05, 4.69) is 21.9 Å². The number of piperazine rings is 1. The van der Waals surface area contributed by atoms with E-state index in [0.717, 1.165) is 44.4 Å². The summed E-state index contributed by atoms with van der Waals surface area (Å²) < 4.78 is 5.23. The van der Waals surface area contributed by atoms with Gasteiger partial charge in [0.05, 0.1) is 7.11 Å². The number of hydrogen-bond acceptors (Lipinski definition) is 4. The topological polar surface area (TPSA) is 35.9 Å². The molecule has 128 valence electrons. The molecule has 4 heteroatoms. The number of ether oxygens (including phenoxy) is 1. The molecule has 1 aliphatic heterocycles. The minimum Gasteiger partial charge on any atom is -0.497 e. The molecule has 1 heterocycles. The van der Waals surface area contributed by atoms with Crippen LogP contribution in [0, 0.1) is 0 Å². The van der Waals surface area contributed by atoms with Crippen molar-refractivity contribution in [2.75, 3.05) is 33.4 Å². The lowest BCUT2D eigenvalue weighted by Crippen LogP contribution is -2.55. The van der Waals surface area contributed by atoms with Crippen LogP contribution in [0.15, 0.2) is 24.3 Å². The van der Waals surface area contributed by atoms with Crippen LogP contribution >= 0.6 is 0 Å². The minimum atomic E-state index is 0.296. The van der Waals surface area contributed by atoms with Crippen LogP contribution in [0.3, 0.4) is 0 Å². The summed E-state index contributed by atoms with van der Waals surface area (Å²) in [5, 5.41) is 9.45. The van der Waals surface area contributed by atoms with E-state index in [-0.39, 0.29) is 0 Å². The lowest BCUT2D eigenvalue weighted by molar-refractivity contribution is 0.0267. The molecule has 1 saturated carbocycles. The van der Waals surface area contributed by atoms with E-state index in [9.17, 15) is 5.11 Å². The summed E-state index contributed by atoms with van der Waals surface area (Å²) in [4.78, 5) is 5.22. The van der Waals surface area contributed by atoms with E-state index in [1.54, 1.807) is 7.11 Å². The number of rotatable bonds is 6. The fraction of sp³-hybridized carbons (Fsp3) is 0.684. The van der Waals surface area contributed by atoms with Crippen LogP contribution < -0.4 is 4.74 Å². The maximum absolute atomic E-state index is 9.45. The van der Waals surface area contributed by atoms with Gasteiger partial charge in [-0.3, -0.25) is 9.80 Å². The SMILES string of the molecule is COc1ccc(CN2CCN(C3CCCC3)[C@H](CCO)C2)cc1. The highest BCUT2D eigenvalue weighted by Crippen LogP contribution is 2.28. The first kappa shape index (κ1) is 16.7. The molecule has 3 rings (SSSR count). The summed E-state index contributed by atoms with van der Waals surface area (Å²) >= 11 is 0. The molecular weight excluding hydrogens is 288 g/mol. The molecule has 0 bridgehead atoms. The highest BCUT2D eigenvalue weighted by molar-refractivity contribution is 5.27. The Hall–Kier alpha value is -1.10. The number of aliphatic hydroxyl groups is 1. The molecule has 1 saturated heterocycles. The Morgan fingerprint density at radius 1 is 1.13 bits per heavy atom. The molecule has 0 unspecified atom stereocenters. The van der Waals surface area contributed by atoms with Crippen LogP contribution in [-0.2, 0) is 6.54 Å². The van der Waals surface area contributed by atoms with Crippen molar-refractivity contribution in [1.29, 1.82) is 0 Å². The van der Waals surface area contributed by atoms with Gasteiger partial charge in [-0.05, 0) is 37.0 Å². The molecule has 4 nitrogen and oxygen atoms in total. The number of nitrogens with zero attached hydrogens (tertiary/aromatic N) is 2. The van der Waals surface area contributed by atoms with Gasteiger partial charge in [0.25, 0.3) is 0 Å². The van der Waals surface area contributed by atoms with Gasteiger partial charge in [-0.25, -0.2) is 0 Å². The average Bonchev–Trinajstić information content (AvgIpc) is 3.10. The normalized spacial score (nSPS) is 24.2. The van der Waals surface area contributed by atoms with E-state index in [0.29, 0.717) is 12.6 Å². The van der Waals surface area contributed by atoms with Crippen molar-refractivity contribution >= 4 is 0 Å². The fourth-order valence-corrected chi connectivity index (χ4v) is 4.19. The Labute approximate surface area is 140 Å². The predicted molar refractivity (Wildman–Crippen MR) is 92.7 cm³/mol. The van der Waals surface area contributed by atoms with Crippen molar-refractivity contribution in [1.82, 2.24) is 9.80 Å². The lowest BCUT2D eigenvalue weighted by Gasteiger charge is -2.44. The van der Waals surface area contributed by atoms with Crippen molar-refractivity contribution in [3.05, 3.63) is 29.8 Å². The average molecular weight is 318 g/mol. The maximum atomic E-state index is 9.45. The lowest BCUT2D eigenvalue weighted by atomic mass is 10.0. The van der Waals surface area contributed by atoms with E-state index in [1.165, 1.54) is 31.2 Å². The van der Waals surface area contributed by atoms with Crippen molar-refractivity contribution in [2.24, 2.45) is 0 Å².